The normalized spacial score (nSPS) is 23.4. The molecule has 0 aromatic carbocycles. The van der Waals surface area contributed by atoms with Crippen molar-refractivity contribution < 1.29 is 14.6 Å². The number of fused-ring (bicyclic) bond motifs is 1. The van der Waals surface area contributed by atoms with Crippen LogP contribution in [0.25, 0.3) is 0 Å². The standard InChI is InChI=1S/C20H32N4O3/c1-2-27-20(26)22-11-7-16(8-12-22)23-9-4-10-24-17(14-23)13-18(21-24)19(25)15-5-3-6-15/h13,15-16,19,25H,2-12,14H2,1H3. The number of hydrogen-bond acceptors (Lipinski definition) is 5. The molecule has 7 nitrogen and oxygen atoms in total. The van der Waals surface area contributed by atoms with Crippen LogP contribution < -0.4 is 0 Å². The maximum atomic E-state index is 11.9. The summed E-state index contributed by atoms with van der Waals surface area (Å²) in [7, 11) is 0. The number of amides is 1. The molecule has 3 aliphatic rings. The molecule has 2 aliphatic heterocycles. The van der Waals surface area contributed by atoms with Crippen molar-refractivity contribution in [2.45, 2.75) is 70.7 Å². The molecular formula is C20H32N4O3. The van der Waals surface area contributed by atoms with Gasteiger partial charge in [0.25, 0.3) is 0 Å². The molecule has 1 aromatic rings. The van der Waals surface area contributed by atoms with Crippen molar-refractivity contribution in [2.75, 3.05) is 26.2 Å². The maximum absolute atomic E-state index is 11.9. The fourth-order valence-corrected chi connectivity index (χ4v) is 4.59. The van der Waals surface area contributed by atoms with E-state index < -0.39 is 6.10 Å². The molecule has 1 saturated carbocycles. The lowest BCUT2D eigenvalue weighted by Crippen LogP contribution is -2.46. The third kappa shape index (κ3) is 3.99. The van der Waals surface area contributed by atoms with Gasteiger partial charge in [0.1, 0.15) is 6.10 Å². The van der Waals surface area contributed by atoms with Crippen molar-refractivity contribution in [1.82, 2.24) is 19.6 Å². The summed E-state index contributed by atoms with van der Waals surface area (Å²) in [5, 5.41) is 15.3. The van der Waals surface area contributed by atoms with E-state index in [1.165, 1.54) is 12.1 Å². The Morgan fingerprint density at radius 3 is 2.67 bits per heavy atom. The molecule has 2 fully saturated rings. The van der Waals surface area contributed by atoms with Gasteiger partial charge in [0.2, 0.25) is 0 Å². The lowest BCUT2D eigenvalue weighted by atomic mass is 9.80. The second-order valence-electron chi connectivity index (χ2n) is 8.16. The molecule has 0 radical (unpaired) electrons. The lowest BCUT2D eigenvalue weighted by Gasteiger charge is -2.37. The van der Waals surface area contributed by atoms with Crippen LogP contribution in [0.1, 0.15) is 62.9 Å². The number of ether oxygens (including phenoxy) is 1. The highest BCUT2D eigenvalue weighted by molar-refractivity contribution is 5.67. The highest BCUT2D eigenvalue weighted by Gasteiger charge is 2.32. The molecule has 1 aliphatic carbocycles. The van der Waals surface area contributed by atoms with E-state index in [9.17, 15) is 9.90 Å². The number of aromatic nitrogens is 2. The molecule has 1 N–H and O–H groups in total. The van der Waals surface area contributed by atoms with Gasteiger partial charge in [-0.1, -0.05) is 6.42 Å². The number of rotatable bonds is 4. The Balaban J connectivity index is 1.37. The monoisotopic (exact) mass is 376 g/mol. The van der Waals surface area contributed by atoms with Crippen molar-refractivity contribution in [2.24, 2.45) is 5.92 Å². The van der Waals surface area contributed by atoms with E-state index in [1.807, 2.05) is 11.8 Å². The molecule has 27 heavy (non-hydrogen) atoms. The highest BCUT2D eigenvalue weighted by Crippen LogP contribution is 2.37. The zero-order valence-electron chi connectivity index (χ0n) is 16.3. The predicted molar refractivity (Wildman–Crippen MR) is 101 cm³/mol. The molecular weight excluding hydrogens is 344 g/mol. The van der Waals surface area contributed by atoms with Gasteiger partial charge in [-0.2, -0.15) is 5.10 Å². The second-order valence-corrected chi connectivity index (χ2v) is 8.16. The molecule has 0 bridgehead atoms. The van der Waals surface area contributed by atoms with Crippen LogP contribution in [0, 0.1) is 5.92 Å². The van der Waals surface area contributed by atoms with E-state index in [0.29, 0.717) is 18.6 Å². The Bertz CT molecular complexity index is 650. The number of aryl methyl sites for hydroxylation is 1. The van der Waals surface area contributed by atoms with Crippen molar-refractivity contribution in [3.8, 4) is 0 Å². The van der Waals surface area contributed by atoms with Crippen molar-refractivity contribution >= 4 is 6.09 Å². The van der Waals surface area contributed by atoms with E-state index in [1.54, 1.807) is 0 Å². The van der Waals surface area contributed by atoms with Crippen molar-refractivity contribution in [3.05, 3.63) is 17.5 Å². The van der Waals surface area contributed by atoms with Crippen LogP contribution in [-0.2, 0) is 17.8 Å². The van der Waals surface area contributed by atoms with Gasteiger partial charge in [0, 0.05) is 38.8 Å². The van der Waals surface area contributed by atoms with Gasteiger partial charge in [-0.15, -0.1) is 0 Å². The summed E-state index contributed by atoms with van der Waals surface area (Å²) in [5.74, 6) is 0.396. The number of aliphatic hydroxyl groups is 1. The average Bonchev–Trinajstić information content (AvgIpc) is 2.92. The Morgan fingerprint density at radius 1 is 1.22 bits per heavy atom. The topological polar surface area (TPSA) is 70.8 Å². The number of carbonyl (C=O) groups excluding carboxylic acids is 1. The Kier molecular flexibility index (Phi) is 5.68. The fraction of sp³-hybridized carbons (Fsp3) is 0.800. The predicted octanol–water partition coefficient (Wildman–Crippen LogP) is 2.54. The molecule has 3 heterocycles. The first-order valence-corrected chi connectivity index (χ1v) is 10.6. The van der Waals surface area contributed by atoms with Gasteiger partial charge in [-0.05, 0) is 51.0 Å². The third-order valence-electron chi connectivity index (χ3n) is 6.47. The van der Waals surface area contributed by atoms with E-state index in [4.69, 9.17) is 9.84 Å². The number of likely N-dealkylation sites (tertiary alicyclic amines) is 1. The quantitative estimate of drug-likeness (QED) is 0.874. The molecule has 4 rings (SSSR count). The molecule has 7 heteroatoms. The number of carbonyl (C=O) groups is 1. The summed E-state index contributed by atoms with van der Waals surface area (Å²) < 4.78 is 7.23. The van der Waals surface area contributed by atoms with Crippen LogP contribution >= 0.6 is 0 Å². The van der Waals surface area contributed by atoms with Gasteiger partial charge in [0.15, 0.2) is 0 Å². The SMILES string of the molecule is CCOC(=O)N1CCC(N2CCCn3nc(C(O)C4CCC4)cc3C2)CC1. The minimum Gasteiger partial charge on any atom is -0.450 e. The summed E-state index contributed by atoms with van der Waals surface area (Å²) in [6, 6.07) is 2.62. The Hall–Kier alpha value is -1.60. The number of piperidine rings is 1. The van der Waals surface area contributed by atoms with E-state index >= 15 is 0 Å². The van der Waals surface area contributed by atoms with Crippen LogP contribution in [0.4, 0.5) is 4.79 Å². The smallest absolute Gasteiger partial charge is 0.409 e. The van der Waals surface area contributed by atoms with Crippen LogP contribution in [0.5, 0.6) is 0 Å². The first-order chi connectivity index (χ1) is 13.2. The van der Waals surface area contributed by atoms with Crippen molar-refractivity contribution in [1.29, 1.82) is 0 Å². The number of aliphatic hydroxyl groups excluding tert-OH is 1. The van der Waals surface area contributed by atoms with Crippen molar-refractivity contribution in [3.63, 3.8) is 0 Å². The molecule has 1 saturated heterocycles. The number of hydrogen-bond donors (Lipinski definition) is 1. The number of nitrogens with zero attached hydrogens (tertiary/aromatic N) is 4. The highest BCUT2D eigenvalue weighted by atomic mass is 16.6. The summed E-state index contributed by atoms with van der Waals surface area (Å²) in [6.07, 6.45) is 5.94. The van der Waals surface area contributed by atoms with Gasteiger partial charge in [0.05, 0.1) is 18.0 Å². The van der Waals surface area contributed by atoms with E-state index in [-0.39, 0.29) is 6.09 Å². The zero-order chi connectivity index (χ0) is 18.8. The molecule has 1 aromatic heterocycles. The molecule has 1 atom stereocenters. The van der Waals surface area contributed by atoms with Crippen LogP contribution in [0.2, 0.25) is 0 Å². The summed E-state index contributed by atoms with van der Waals surface area (Å²) >= 11 is 0. The molecule has 150 valence electrons. The Morgan fingerprint density at radius 2 is 2.00 bits per heavy atom. The largest absolute Gasteiger partial charge is 0.450 e. The molecule has 0 spiro atoms. The van der Waals surface area contributed by atoms with E-state index in [2.05, 4.69) is 15.6 Å². The average molecular weight is 377 g/mol. The summed E-state index contributed by atoms with van der Waals surface area (Å²) in [5.41, 5.74) is 2.07. The maximum Gasteiger partial charge on any atom is 0.409 e. The van der Waals surface area contributed by atoms with E-state index in [0.717, 1.165) is 70.5 Å². The van der Waals surface area contributed by atoms with Crippen LogP contribution in [0.15, 0.2) is 6.07 Å². The summed E-state index contributed by atoms with van der Waals surface area (Å²) in [4.78, 5) is 16.3. The van der Waals surface area contributed by atoms with Gasteiger partial charge in [-0.25, -0.2) is 4.79 Å². The fourth-order valence-electron chi connectivity index (χ4n) is 4.59. The Labute approximate surface area is 161 Å². The van der Waals surface area contributed by atoms with Crippen LogP contribution in [-0.4, -0.2) is 63.1 Å². The lowest BCUT2D eigenvalue weighted by molar-refractivity contribution is 0.0580. The first-order valence-electron chi connectivity index (χ1n) is 10.6. The third-order valence-corrected chi connectivity index (χ3v) is 6.47. The molecule has 1 amide bonds. The zero-order valence-corrected chi connectivity index (χ0v) is 16.3. The summed E-state index contributed by atoms with van der Waals surface area (Å²) in [6.45, 7) is 6.69. The first kappa shape index (κ1) is 18.7. The molecule has 1 unspecified atom stereocenters. The second kappa shape index (κ2) is 8.19. The van der Waals surface area contributed by atoms with Crippen LogP contribution in [0.3, 0.4) is 0 Å². The minimum atomic E-state index is -0.403. The van der Waals surface area contributed by atoms with Gasteiger partial charge in [-0.3, -0.25) is 9.58 Å². The van der Waals surface area contributed by atoms with Gasteiger partial charge < -0.3 is 14.7 Å². The minimum absolute atomic E-state index is 0.181. The van der Waals surface area contributed by atoms with Gasteiger partial charge >= 0.3 is 6.09 Å².